The fraction of sp³-hybridized carbons (Fsp3) is 0.304. The van der Waals surface area contributed by atoms with Crippen LogP contribution in [0.1, 0.15) is 18.1 Å². The minimum absolute atomic E-state index is 0.183. The molecule has 0 aliphatic heterocycles. The molecular formula is C23H27ClN4O2. The number of hydrogen-bond acceptors (Lipinski definition) is 3. The molecule has 1 heterocycles. The number of aromatic amines is 1. The maximum Gasteiger partial charge on any atom is 0.322 e. The Morgan fingerprint density at radius 1 is 1.10 bits per heavy atom. The third kappa shape index (κ3) is 5.62. The lowest BCUT2D eigenvalue weighted by Crippen LogP contribution is -2.40. The van der Waals surface area contributed by atoms with Crippen LogP contribution in [-0.2, 0) is 13.0 Å². The second-order valence-electron chi connectivity index (χ2n) is 7.56. The van der Waals surface area contributed by atoms with E-state index in [1.165, 1.54) is 5.56 Å². The van der Waals surface area contributed by atoms with Crippen molar-refractivity contribution in [3.63, 3.8) is 0 Å². The van der Waals surface area contributed by atoms with Gasteiger partial charge >= 0.3 is 6.03 Å². The standard InChI is InChI=1S/C23H27ClN4O2/c1-4-16-8-9-21-17(12-16)13-18(22(29)26-21)15-28(11-10-27(2)3)23(30)25-20-7-5-6-19(24)14-20/h5-9,12-14H,4,10-11,15H2,1-3H3,(H,25,30)(H,26,29). The van der Waals surface area contributed by atoms with E-state index in [1.54, 1.807) is 29.2 Å². The number of aromatic nitrogens is 1. The zero-order valence-electron chi connectivity index (χ0n) is 17.5. The van der Waals surface area contributed by atoms with Crippen LogP contribution in [0.25, 0.3) is 10.9 Å². The third-order valence-corrected chi connectivity index (χ3v) is 5.17. The zero-order chi connectivity index (χ0) is 21.7. The number of carbonyl (C=O) groups is 1. The van der Waals surface area contributed by atoms with Gasteiger partial charge in [0.2, 0.25) is 0 Å². The van der Waals surface area contributed by atoms with E-state index in [1.807, 2.05) is 37.2 Å². The molecule has 3 aromatic rings. The minimum atomic E-state index is -0.277. The van der Waals surface area contributed by atoms with Crippen LogP contribution in [0.3, 0.4) is 0 Å². The summed E-state index contributed by atoms with van der Waals surface area (Å²) in [6.07, 6.45) is 0.918. The number of carbonyl (C=O) groups excluding carboxylic acids is 1. The first-order chi connectivity index (χ1) is 14.4. The van der Waals surface area contributed by atoms with Crippen molar-refractivity contribution in [1.82, 2.24) is 14.8 Å². The summed E-state index contributed by atoms with van der Waals surface area (Å²) in [6.45, 7) is 3.46. The molecule has 0 aliphatic carbocycles. The van der Waals surface area contributed by atoms with Crippen LogP contribution in [-0.4, -0.2) is 48.0 Å². The van der Waals surface area contributed by atoms with Gasteiger partial charge in [-0.05, 0) is 67.9 Å². The minimum Gasteiger partial charge on any atom is -0.322 e. The van der Waals surface area contributed by atoms with Crippen molar-refractivity contribution in [3.05, 3.63) is 75.0 Å². The molecule has 2 N–H and O–H groups in total. The quantitative estimate of drug-likeness (QED) is 0.590. The molecule has 7 heteroatoms. The van der Waals surface area contributed by atoms with E-state index >= 15 is 0 Å². The van der Waals surface area contributed by atoms with Crippen molar-refractivity contribution in [3.8, 4) is 0 Å². The maximum atomic E-state index is 13.0. The fourth-order valence-corrected chi connectivity index (χ4v) is 3.38. The molecule has 30 heavy (non-hydrogen) atoms. The third-order valence-electron chi connectivity index (χ3n) is 4.94. The maximum absolute atomic E-state index is 13.0. The van der Waals surface area contributed by atoms with Gasteiger partial charge in [-0.25, -0.2) is 4.79 Å². The highest BCUT2D eigenvalue weighted by molar-refractivity contribution is 6.30. The smallest absolute Gasteiger partial charge is 0.322 e. The molecular weight excluding hydrogens is 400 g/mol. The molecule has 0 radical (unpaired) electrons. The highest BCUT2D eigenvalue weighted by Crippen LogP contribution is 2.17. The first-order valence-corrected chi connectivity index (χ1v) is 10.3. The monoisotopic (exact) mass is 426 g/mol. The normalized spacial score (nSPS) is 11.1. The summed E-state index contributed by atoms with van der Waals surface area (Å²) in [5.41, 5.74) is 2.98. The molecule has 0 unspecified atom stereocenters. The van der Waals surface area contributed by atoms with E-state index in [9.17, 15) is 9.59 Å². The second kappa shape index (κ2) is 9.78. The topological polar surface area (TPSA) is 68.4 Å². The average Bonchev–Trinajstić information content (AvgIpc) is 2.70. The van der Waals surface area contributed by atoms with Crippen molar-refractivity contribution >= 4 is 34.2 Å². The number of aryl methyl sites for hydroxylation is 1. The first kappa shape index (κ1) is 21.9. The Hall–Kier alpha value is -2.83. The van der Waals surface area contributed by atoms with Gasteiger partial charge in [0.15, 0.2) is 0 Å². The van der Waals surface area contributed by atoms with Crippen LogP contribution in [0.2, 0.25) is 5.02 Å². The highest BCUT2D eigenvalue weighted by atomic mass is 35.5. The predicted octanol–water partition coefficient (Wildman–Crippen LogP) is 4.34. The molecule has 1 aromatic heterocycles. The van der Waals surface area contributed by atoms with Gasteiger partial charge in [0.1, 0.15) is 0 Å². The lowest BCUT2D eigenvalue weighted by atomic mass is 10.1. The number of benzene rings is 2. The molecule has 0 aliphatic rings. The number of nitrogens with zero attached hydrogens (tertiary/aromatic N) is 2. The predicted molar refractivity (Wildman–Crippen MR) is 123 cm³/mol. The number of hydrogen-bond donors (Lipinski definition) is 2. The van der Waals surface area contributed by atoms with Crippen LogP contribution in [0, 0.1) is 0 Å². The first-order valence-electron chi connectivity index (χ1n) is 9.96. The Balaban J connectivity index is 1.87. The number of rotatable bonds is 7. The Bertz CT molecular complexity index is 1090. The fourth-order valence-electron chi connectivity index (χ4n) is 3.19. The number of H-pyrrole nitrogens is 1. The van der Waals surface area contributed by atoms with Crippen LogP contribution in [0.5, 0.6) is 0 Å². The Morgan fingerprint density at radius 2 is 1.90 bits per heavy atom. The van der Waals surface area contributed by atoms with Crippen molar-refractivity contribution < 1.29 is 4.79 Å². The number of halogens is 1. The Kier molecular flexibility index (Phi) is 7.13. The molecule has 0 bridgehead atoms. The summed E-state index contributed by atoms with van der Waals surface area (Å²) in [6, 6.07) is 14.6. The molecule has 2 amide bonds. The summed E-state index contributed by atoms with van der Waals surface area (Å²) >= 11 is 6.02. The molecule has 0 saturated carbocycles. The van der Waals surface area contributed by atoms with Crippen LogP contribution in [0.4, 0.5) is 10.5 Å². The molecule has 2 aromatic carbocycles. The average molecular weight is 427 g/mol. The summed E-state index contributed by atoms with van der Waals surface area (Å²) < 4.78 is 0. The summed E-state index contributed by atoms with van der Waals surface area (Å²) in [5, 5.41) is 4.38. The van der Waals surface area contributed by atoms with Gasteiger partial charge in [0, 0.05) is 34.9 Å². The number of anilines is 1. The van der Waals surface area contributed by atoms with Gasteiger partial charge in [0.25, 0.3) is 5.56 Å². The zero-order valence-corrected chi connectivity index (χ0v) is 18.3. The number of fused-ring (bicyclic) bond motifs is 1. The van der Waals surface area contributed by atoms with Gasteiger partial charge in [-0.3, -0.25) is 4.79 Å². The molecule has 0 fully saturated rings. The van der Waals surface area contributed by atoms with Gasteiger partial charge in [0.05, 0.1) is 6.54 Å². The summed E-state index contributed by atoms with van der Waals surface area (Å²) in [4.78, 5) is 32.2. The van der Waals surface area contributed by atoms with Crippen LogP contribution < -0.4 is 10.9 Å². The molecule has 3 rings (SSSR count). The van der Waals surface area contributed by atoms with E-state index in [-0.39, 0.29) is 18.1 Å². The lowest BCUT2D eigenvalue weighted by Gasteiger charge is -2.25. The van der Waals surface area contributed by atoms with E-state index in [2.05, 4.69) is 23.3 Å². The summed E-state index contributed by atoms with van der Waals surface area (Å²) in [5.74, 6) is 0. The molecule has 0 saturated heterocycles. The number of nitrogens with one attached hydrogen (secondary N) is 2. The van der Waals surface area contributed by atoms with Crippen molar-refractivity contribution in [2.24, 2.45) is 0 Å². The highest BCUT2D eigenvalue weighted by Gasteiger charge is 2.17. The molecule has 0 atom stereocenters. The van der Waals surface area contributed by atoms with E-state index in [0.717, 1.165) is 17.3 Å². The van der Waals surface area contributed by atoms with Gasteiger partial charge in [-0.2, -0.15) is 0 Å². The van der Waals surface area contributed by atoms with Crippen molar-refractivity contribution in [1.29, 1.82) is 0 Å². The Labute approximate surface area is 181 Å². The number of urea groups is 1. The van der Waals surface area contributed by atoms with Crippen LogP contribution >= 0.6 is 11.6 Å². The van der Waals surface area contributed by atoms with Crippen LogP contribution in [0.15, 0.2) is 53.3 Å². The lowest BCUT2D eigenvalue weighted by molar-refractivity contribution is 0.202. The van der Waals surface area contributed by atoms with E-state index in [4.69, 9.17) is 11.6 Å². The molecule has 0 spiro atoms. The molecule has 158 valence electrons. The van der Waals surface area contributed by atoms with Crippen molar-refractivity contribution in [2.45, 2.75) is 19.9 Å². The van der Waals surface area contributed by atoms with E-state index in [0.29, 0.717) is 29.4 Å². The van der Waals surface area contributed by atoms with Crippen molar-refractivity contribution in [2.75, 3.05) is 32.5 Å². The van der Waals surface area contributed by atoms with Gasteiger partial charge in [-0.15, -0.1) is 0 Å². The molecule has 6 nitrogen and oxygen atoms in total. The number of likely N-dealkylation sites (N-methyl/N-ethyl adjacent to an activating group) is 1. The van der Waals surface area contributed by atoms with E-state index < -0.39 is 0 Å². The number of pyridine rings is 1. The SMILES string of the molecule is CCc1ccc2[nH]c(=O)c(CN(CCN(C)C)C(=O)Nc3cccc(Cl)c3)cc2c1. The summed E-state index contributed by atoms with van der Waals surface area (Å²) in [7, 11) is 3.89. The van der Waals surface area contributed by atoms with Gasteiger partial charge < -0.3 is 20.1 Å². The second-order valence-corrected chi connectivity index (χ2v) is 8.00. The largest absolute Gasteiger partial charge is 0.322 e. The number of amides is 2. The Morgan fingerprint density at radius 3 is 2.60 bits per heavy atom. The van der Waals surface area contributed by atoms with Gasteiger partial charge in [-0.1, -0.05) is 30.7 Å².